The van der Waals surface area contributed by atoms with E-state index in [1.807, 2.05) is 30.3 Å². The third-order valence-corrected chi connectivity index (χ3v) is 4.34. The zero-order valence-electron chi connectivity index (χ0n) is 11.1. The predicted octanol–water partition coefficient (Wildman–Crippen LogP) is 2.12. The van der Waals surface area contributed by atoms with Gasteiger partial charge in [0, 0.05) is 19.0 Å². The van der Waals surface area contributed by atoms with Crippen LogP contribution in [0.5, 0.6) is 0 Å². The Morgan fingerprint density at radius 3 is 2.45 bits per heavy atom. The average molecular weight is 275 g/mol. The number of carbonyl (C=O) groups is 2. The minimum atomic E-state index is -0.722. The predicted molar refractivity (Wildman–Crippen MR) is 71.0 cm³/mol. The number of hydrogen-bond acceptors (Lipinski definition) is 3. The second-order valence-corrected chi connectivity index (χ2v) is 5.60. The number of carboxylic acid groups (broad SMARTS) is 1. The summed E-state index contributed by atoms with van der Waals surface area (Å²) in [7, 11) is 0. The molecular formula is C15H17NO4. The topological polar surface area (TPSA) is 66.8 Å². The summed E-state index contributed by atoms with van der Waals surface area (Å²) >= 11 is 0. The van der Waals surface area contributed by atoms with Gasteiger partial charge in [-0.15, -0.1) is 0 Å². The first kappa shape index (κ1) is 13.0. The number of rotatable bonds is 4. The van der Waals surface area contributed by atoms with Crippen LogP contribution in [-0.2, 0) is 16.1 Å². The van der Waals surface area contributed by atoms with Gasteiger partial charge < -0.3 is 14.7 Å². The Bertz CT molecular complexity index is 518. The van der Waals surface area contributed by atoms with Gasteiger partial charge in [0.2, 0.25) is 0 Å². The molecule has 1 saturated carbocycles. The molecule has 5 heteroatoms. The number of hydrogen-bond donors (Lipinski definition) is 1. The zero-order valence-corrected chi connectivity index (χ0v) is 11.1. The van der Waals surface area contributed by atoms with Crippen molar-refractivity contribution >= 4 is 12.1 Å². The minimum Gasteiger partial charge on any atom is -0.481 e. The van der Waals surface area contributed by atoms with Gasteiger partial charge in [0.1, 0.15) is 6.61 Å². The van der Waals surface area contributed by atoms with Crippen molar-refractivity contribution in [2.24, 2.45) is 11.3 Å². The molecule has 0 spiro atoms. The monoisotopic (exact) mass is 275 g/mol. The van der Waals surface area contributed by atoms with Crippen LogP contribution in [0.25, 0.3) is 0 Å². The van der Waals surface area contributed by atoms with E-state index >= 15 is 0 Å². The molecule has 1 amide bonds. The van der Waals surface area contributed by atoms with Crippen molar-refractivity contribution in [1.82, 2.24) is 4.90 Å². The van der Waals surface area contributed by atoms with E-state index < -0.39 is 11.4 Å². The molecule has 0 atom stereocenters. The summed E-state index contributed by atoms with van der Waals surface area (Å²) in [5.74, 6) is -0.635. The number of aliphatic carboxylic acids is 1. The van der Waals surface area contributed by atoms with Crippen LogP contribution in [-0.4, -0.2) is 35.2 Å². The van der Waals surface area contributed by atoms with Gasteiger partial charge in [0.25, 0.3) is 0 Å². The molecule has 2 fully saturated rings. The van der Waals surface area contributed by atoms with E-state index in [4.69, 9.17) is 4.74 Å². The highest BCUT2D eigenvalue weighted by molar-refractivity contribution is 5.79. The molecule has 1 heterocycles. The molecule has 106 valence electrons. The summed E-state index contributed by atoms with van der Waals surface area (Å²) in [5, 5.41) is 9.18. The van der Waals surface area contributed by atoms with Crippen molar-refractivity contribution < 1.29 is 19.4 Å². The van der Waals surface area contributed by atoms with Crippen LogP contribution in [0.15, 0.2) is 30.3 Å². The van der Waals surface area contributed by atoms with Gasteiger partial charge >= 0.3 is 12.1 Å². The molecule has 0 bridgehead atoms. The number of benzene rings is 1. The van der Waals surface area contributed by atoms with Gasteiger partial charge in [-0.3, -0.25) is 4.79 Å². The molecule has 1 saturated heterocycles. The van der Waals surface area contributed by atoms with Gasteiger partial charge in [0.05, 0.1) is 5.41 Å². The van der Waals surface area contributed by atoms with E-state index in [9.17, 15) is 14.7 Å². The summed E-state index contributed by atoms with van der Waals surface area (Å²) in [6.45, 7) is 1.25. The van der Waals surface area contributed by atoms with Crippen LogP contribution in [0.3, 0.4) is 0 Å². The summed E-state index contributed by atoms with van der Waals surface area (Å²) in [6, 6.07) is 9.50. The normalized spacial score (nSPS) is 20.1. The Labute approximate surface area is 117 Å². The van der Waals surface area contributed by atoms with Crippen molar-refractivity contribution in [2.45, 2.75) is 19.4 Å². The van der Waals surface area contributed by atoms with Crippen molar-refractivity contribution in [3.05, 3.63) is 35.9 Å². The SMILES string of the molecule is O=C(OCc1ccccc1)N1CC(C2(C(=O)O)CC2)C1. The fourth-order valence-electron chi connectivity index (χ4n) is 2.72. The fourth-order valence-corrected chi connectivity index (χ4v) is 2.72. The van der Waals surface area contributed by atoms with Gasteiger partial charge in [-0.2, -0.15) is 0 Å². The van der Waals surface area contributed by atoms with Crippen LogP contribution < -0.4 is 0 Å². The Kier molecular flexibility index (Phi) is 3.12. The lowest BCUT2D eigenvalue weighted by Crippen LogP contribution is -2.55. The van der Waals surface area contributed by atoms with Crippen molar-refractivity contribution in [1.29, 1.82) is 0 Å². The lowest BCUT2D eigenvalue weighted by atomic mass is 9.83. The van der Waals surface area contributed by atoms with Crippen LogP contribution in [0.4, 0.5) is 4.79 Å². The third kappa shape index (κ3) is 2.24. The van der Waals surface area contributed by atoms with Gasteiger partial charge in [0.15, 0.2) is 0 Å². The number of likely N-dealkylation sites (tertiary alicyclic amines) is 1. The van der Waals surface area contributed by atoms with Crippen molar-refractivity contribution in [3.63, 3.8) is 0 Å². The van der Waals surface area contributed by atoms with Crippen LogP contribution >= 0.6 is 0 Å². The Morgan fingerprint density at radius 1 is 1.25 bits per heavy atom. The molecule has 20 heavy (non-hydrogen) atoms. The molecule has 1 aliphatic heterocycles. The molecule has 0 aromatic heterocycles. The maximum absolute atomic E-state index is 11.8. The zero-order chi connectivity index (χ0) is 14.2. The van der Waals surface area contributed by atoms with E-state index in [0.29, 0.717) is 13.1 Å². The highest BCUT2D eigenvalue weighted by atomic mass is 16.6. The second-order valence-electron chi connectivity index (χ2n) is 5.60. The highest BCUT2D eigenvalue weighted by Crippen LogP contribution is 2.55. The molecule has 0 unspecified atom stereocenters. The smallest absolute Gasteiger partial charge is 0.410 e. The maximum Gasteiger partial charge on any atom is 0.410 e. The van der Waals surface area contributed by atoms with Crippen LogP contribution in [0, 0.1) is 11.3 Å². The van der Waals surface area contributed by atoms with Crippen molar-refractivity contribution in [3.8, 4) is 0 Å². The second kappa shape index (κ2) is 4.81. The molecule has 3 rings (SSSR count). The number of amides is 1. The first-order valence-electron chi connectivity index (χ1n) is 6.81. The van der Waals surface area contributed by atoms with E-state index in [0.717, 1.165) is 18.4 Å². The van der Waals surface area contributed by atoms with Gasteiger partial charge in [-0.25, -0.2) is 4.79 Å². The lowest BCUT2D eigenvalue weighted by Gasteiger charge is -2.41. The summed E-state index contributed by atoms with van der Waals surface area (Å²) in [4.78, 5) is 24.6. The van der Waals surface area contributed by atoms with Crippen LogP contribution in [0.1, 0.15) is 18.4 Å². The third-order valence-electron chi connectivity index (χ3n) is 4.34. The van der Waals surface area contributed by atoms with E-state index in [1.54, 1.807) is 4.90 Å². The molecule has 1 N–H and O–H groups in total. The molecule has 5 nitrogen and oxygen atoms in total. The van der Waals surface area contributed by atoms with E-state index in [1.165, 1.54) is 0 Å². The fraction of sp³-hybridized carbons (Fsp3) is 0.467. The summed E-state index contributed by atoms with van der Waals surface area (Å²) in [5.41, 5.74) is 0.387. The first-order valence-corrected chi connectivity index (χ1v) is 6.81. The number of ether oxygens (including phenoxy) is 1. The summed E-state index contributed by atoms with van der Waals surface area (Å²) in [6.07, 6.45) is 1.12. The Morgan fingerprint density at radius 2 is 1.90 bits per heavy atom. The Balaban J connectivity index is 1.46. The number of carboxylic acids is 1. The average Bonchev–Trinajstić information content (AvgIpc) is 3.17. The molecular weight excluding hydrogens is 258 g/mol. The molecule has 2 aliphatic rings. The molecule has 1 aromatic carbocycles. The maximum atomic E-state index is 11.8. The van der Waals surface area contributed by atoms with Crippen molar-refractivity contribution in [2.75, 3.05) is 13.1 Å². The first-order chi connectivity index (χ1) is 9.62. The minimum absolute atomic E-state index is 0.0873. The number of nitrogens with zero attached hydrogens (tertiary/aromatic N) is 1. The lowest BCUT2D eigenvalue weighted by molar-refractivity contribution is -0.148. The molecule has 1 aromatic rings. The number of carbonyl (C=O) groups excluding carboxylic acids is 1. The molecule has 1 aliphatic carbocycles. The summed E-state index contributed by atoms with van der Waals surface area (Å²) < 4.78 is 5.21. The quantitative estimate of drug-likeness (QED) is 0.914. The Hall–Kier alpha value is -2.04. The highest BCUT2D eigenvalue weighted by Gasteiger charge is 2.59. The van der Waals surface area contributed by atoms with Gasteiger partial charge in [-0.1, -0.05) is 30.3 Å². The largest absolute Gasteiger partial charge is 0.481 e. The standard InChI is InChI=1S/C15H17NO4/c17-13(18)15(6-7-15)12-8-16(9-12)14(19)20-10-11-4-2-1-3-5-11/h1-5,12H,6-10H2,(H,17,18). The van der Waals surface area contributed by atoms with E-state index in [-0.39, 0.29) is 18.6 Å². The van der Waals surface area contributed by atoms with Gasteiger partial charge in [-0.05, 0) is 18.4 Å². The van der Waals surface area contributed by atoms with Crippen LogP contribution in [0.2, 0.25) is 0 Å². The van der Waals surface area contributed by atoms with E-state index in [2.05, 4.69) is 0 Å². The molecule has 0 radical (unpaired) electrons.